The van der Waals surface area contributed by atoms with Crippen LogP contribution in [0.4, 0.5) is 13.2 Å². The molecule has 10 heteroatoms. The maximum Gasteiger partial charge on any atom is 0.430 e. The average Bonchev–Trinajstić information content (AvgIpc) is 3.15. The zero-order valence-electron chi connectivity index (χ0n) is 15.8. The molecule has 2 heterocycles. The molecule has 0 fully saturated rings. The summed E-state index contributed by atoms with van der Waals surface area (Å²) in [5, 5.41) is 1.02. The third-order valence-corrected chi connectivity index (χ3v) is 5.45. The van der Waals surface area contributed by atoms with Gasteiger partial charge in [-0.3, -0.25) is 4.79 Å². The van der Waals surface area contributed by atoms with E-state index in [1.807, 2.05) is 22.6 Å². The molecule has 3 N–H and O–H groups in total. The summed E-state index contributed by atoms with van der Waals surface area (Å²) in [5.74, 6) is 0.164. The minimum Gasteiger partial charge on any atom is -0.489 e. The zero-order chi connectivity index (χ0) is 22.6. The van der Waals surface area contributed by atoms with Crippen molar-refractivity contribution in [2.45, 2.75) is 6.18 Å². The van der Waals surface area contributed by atoms with E-state index in [1.165, 1.54) is 12.3 Å². The van der Waals surface area contributed by atoms with Crippen molar-refractivity contribution in [1.29, 1.82) is 0 Å². The van der Waals surface area contributed by atoms with Crippen molar-refractivity contribution in [3.63, 3.8) is 0 Å². The fourth-order valence-corrected chi connectivity index (χ4v) is 3.29. The minimum atomic E-state index is -4.58. The number of allylic oxidation sites excluding steroid dienone is 3. The van der Waals surface area contributed by atoms with Crippen LogP contribution in [0.3, 0.4) is 0 Å². The second kappa shape index (κ2) is 9.73. The first-order chi connectivity index (χ1) is 14.7. The summed E-state index contributed by atoms with van der Waals surface area (Å²) in [7, 11) is 0. The summed E-state index contributed by atoms with van der Waals surface area (Å²) in [4.78, 5) is 20.0. The summed E-state index contributed by atoms with van der Waals surface area (Å²) in [5.41, 5.74) is 5.77. The Labute approximate surface area is 194 Å². The number of pyridine rings is 1. The van der Waals surface area contributed by atoms with Gasteiger partial charge in [-0.05, 0) is 29.8 Å². The Morgan fingerprint density at radius 3 is 2.77 bits per heavy atom. The van der Waals surface area contributed by atoms with Crippen LogP contribution in [0.1, 0.15) is 15.9 Å². The number of halogens is 5. The van der Waals surface area contributed by atoms with Crippen LogP contribution in [-0.2, 0) is 0 Å². The van der Waals surface area contributed by atoms with Gasteiger partial charge in [-0.2, -0.15) is 13.2 Å². The Kier molecular flexibility index (Phi) is 7.26. The summed E-state index contributed by atoms with van der Waals surface area (Å²) >= 11 is 8.01. The van der Waals surface area contributed by atoms with Gasteiger partial charge in [0.1, 0.15) is 23.7 Å². The van der Waals surface area contributed by atoms with Gasteiger partial charge in [0.2, 0.25) is 0 Å². The molecule has 0 spiro atoms. The van der Waals surface area contributed by atoms with Crippen LogP contribution < -0.4 is 10.5 Å². The van der Waals surface area contributed by atoms with Crippen molar-refractivity contribution in [3.8, 4) is 5.75 Å². The lowest BCUT2D eigenvalue weighted by atomic mass is 10.0. The first-order valence-corrected chi connectivity index (χ1v) is 10.8. The smallest absolute Gasteiger partial charge is 0.430 e. The molecule has 0 unspecified atom stereocenters. The highest BCUT2D eigenvalue weighted by Crippen LogP contribution is 2.25. The van der Waals surface area contributed by atoms with E-state index >= 15 is 0 Å². The number of carbonyl (C=O) groups is 1. The standard InChI is InChI=1S/C21H16ClF3IN3O2/c22-14-7-16-17(10-29-20(16)28-9-14)19(30)13-2-1-3-15(6-13)31-11-12(8-26)4-5-18(27)21(23,24)25/h1-7,9-10H,8,11,27H2,(H,28,29)/b12-4+,18-5-. The number of nitrogens with one attached hydrogen (secondary N) is 1. The quantitative estimate of drug-likeness (QED) is 0.171. The molecular formula is C21H16ClF3IN3O2. The number of H-pyrrole nitrogens is 1. The monoisotopic (exact) mass is 561 g/mol. The molecule has 31 heavy (non-hydrogen) atoms. The number of alkyl halides is 4. The number of hydrogen-bond acceptors (Lipinski definition) is 4. The van der Waals surface area contributed by atoms with Gasteiger partial charge in [0.05, 0.1) is 5.02 Å². The highest BCUT2D eigenvalue weighted by Gasteiger charge is 2.30. The van der Waals surface area contributed by atoms with Gasteiger partial charge >= 0.3 is 6.18 Å². The van der Waals surface area contributed by atoms with Crippen molar-refractivity contribution in [2.75, 3.05) is 11.0 Å². The van der Waals surface area contributed by atoms with E-state index in [2.05, 4.69) is 9.97 Å². The van der Waals surface area contributed by atoms with Crippen molar-refractivity contribution in [3.05, 3.63) is 82.3 Å². The largest absolute Gasteiger partial charge is 0.489 e. The number of rotatable bonds is 7. The van der Waals surface area contributed by atoms with E-state index in [0.29, 0.717) is 42.9 Å². The first-order valence-electron chi connectivity index (χ1n) is 8.87. The number of aromatic amines is 1. The molecule has 0 bridgehead atoms. The van der Waals surface area contributed by atoms with Gasteiger partial charge in [-0.25, -0.2) is 4.98 Å². The van der Waals surface area contributed by atoms with Gasteiger partial charge in [0.15, 0.2) is 5.78 Å². The number of hydrogen-bond donors (Lipinski definition) is 2. The van der Waals surface area contributed by atoms with E-state index < -0.39 is 11.9 Å². The molecule has 2 aromatic heterocycles. The van der Waals surface area contributed by atoms with Crippen LogP contribution in [0.15, 0.2) is 66.1 Å². The highest BCUT2D eigenvalue weighted by molar-refractivity contribution is 14.1. The number of ketones is 1. The fraction of sp³-hybridized carbons (Fsp3) is 0.143. The van der Waals surface area contributed by atoms with Crippen molar-refractivity contribution >= 4 is 51.0 Å². The third-order valence-electron chi connectivity index (χ3n) is 4.26. The third kappa shape index (κ3) is 5.79. The molecule has 162 valence electrons. The van der Waals surface area contributed by atoms with Crippen LogP contribution in [0, 0.1) is 0 Å². The van der Waals surface area contributed by atoms with E-state index in [-0.39, 0.29) is 12.4 Å². The second-order valence-corrected chi connectivity index (χ2v) is 7.68. The Morgan fingerprint density at radius 1 is 1.29 bits per heavy atom. The Morgan fingerprint density at radius 2 is 2.06 bits per heavy atom. The van der Waals surface area contributed by atoms with Crippen LogP contribution in [0.2, 0.25) is 5.02 Å². The molecule has 5 nitrogen and oxygen atoms in total. The molecule has 0 atom stereocenters. The van der Waals surface area contributed by atoms with Crippen LogP contribution in [0.25, 0.3) is 11.0 Å². The highest BCUT2D eigenvalue weighted by atomic mass is 127. The number of nitrogens with zero attached hydrogens (tertiary/aromatic N) is 1. The van der Waals surface area contributed by atoms with Crippen molar-refractivity contribution < 1.29 is 22.7 Å². The first kappa shape index (κ1) is 23.1. The van der Waals surface area contributed by atoms with Gasteiger partial charge in [0.25, 0.3) is 0 Å². The van der Waals surface area contributed by atoms with Gasteiger partial charge in [-0.1, -0.05) is 52.4 Å². The van der Waals surface area contributed by atoms with Gasteiger partial charge in [0, 0.05) is 33.3 Å². The number of nitrogens with two attached hydrogens (primary N) is 1. The van der Waals surface area contributed by atoms with E-state index in [9.17, 15) is 18.0 Å². The summed E-state index contributed by atoms with van der Waals surface area (Å²) in [6, 6.07) is 8.20. The zero-order valence-corrected chi connectivity index (χ0v) is 18.8. The topological polar surface area (TPSA) is 81.0 Å². The summed E-state index contributed by atoms with van der Waals surface area (Å²) in [6.07, 6.45) is 0.571. The normalized spacial score (nSPS) is 12.9. The predicted octanol–water partition coefficient (Wildman–Crippen LogP) is 5.59. The van der Waals surface area contributed by atoms with Crippen LogP contribution in [0.5, 0.6) is 5.75 Å². The number of ether oxygens (including phenoxy) is 1. The van der Waals surface area contributed by atoms with Crippen molar-refractivity contribution in [2.24, 2.45) is 5.73 Å². The molecular weight excluding hydrogens is 546 g/mol. The van der Waals surface area contributed by atoms with Crippen LogP contribution in [-0.4, -0.2) is 33.0 Å². The Balaban J connectivity index is 1.77. The molecule has 0 saturated heterocycles. The molecule has 0 radical (unpaired) electrons. The molecule has 3 aromatic rings. The van der Waals surface area contributed by atoms with E-state index in [0.717, 1.165) is 6.08 Å². The molecule has 3 rings (SSSR count). The van der Waals surface area contributed by atoms with Crippen molar-refractivity contribution in [1.82, 2.24) is 9.97 Å². The lowest BCUT2D eigenvalue weighted by Gasteiger charge is -2.09. The molecule has 0 aliphatic heterocycles. The summed E-state index contributed by atoms with van der Waals surface area (Å²) < 4.78 is 43.6. The second-order valence-electron chi connectivity index (χ2n) is 6.48. The maximum absolute atomic E-state index is 13.0. The molecule has 0 saturated carbocycles. The number of aromatic nitrogens is 2. The molecule has 0 aliphatic rings. The molecule has 1 aromatic carbocycles. The SMILES string of the molecule is N/C(=C\C=C(/CI)COc1cccc(C(=O)c2c[nH]c3ncc(Cl)cc23)c1)C(F)(F)F. The Hall–Kier alpha value is -2.53. The van der Waals surface area contributed by atoms with Gasteiger partial charge < -0.3 is 15.5 Å². The molecule has 0 aliphatic carbocycles. The Bertz CT molecular complexity index is 1170. The predicted molar refractivity (Wildman–Crippen MR) is 122 cm³/mol. The van der Waals surface area contributed by atoms with E-state index in [4.69, 9.17) is 22.1 Å². The number of benzene rings is 1. The fourth-order valence-electron chi connectivity index (χ4n) is 2.66. The maximum atomic E-state index is 13.0. The lowest BCUT2D eigenvalue weighted by Crippen LogP contribution is -2.19. The number of fused-ring (bicyclic) bond motifs is 1. The van der Waals surface area contributed by atoms with Crippen LogP contribution >= 0.6 is 34.2 Å². The summed E-state index contributed by atoms with van der Waals surface area (Å²) in [6.45, 7) is 0.0504. The average molecular weight is 562 g/mol. The van der Waals surface area contributed by atoms with E-state index in [1.54, 1.807) is 36.5 Å². The molecule has 0 amide bonds. The minimum absolute atomic E-state index is 0.0504. The number of carbonyl (C=O) groups excluding carboxylic acids is 1. The van der Waals surface area contributed by atoms with Gasteiger partial charge in [-0.15, -0.1) is 0 Å². The lowest BCUT2D eigenvalue weighted by molar-refractivity contribution is -0.0926.